The van der Waals surface area contributed by atoms with Gasteiger partial charge in [0.25, 0.3) is 0 Å². The third-order valence-electron chi connectivity index (χ3n) is 3.51. The first-order valence-electron chi connectivity index (χ1n) is 8.09. The van der Waals surface area contributed by atoms with Crippen LogP contribution in [0.2, 0.25) is 0 Å². The smallest absolute Gasteiger partial charge is 0.191 e. The molecule has 5 nitrogen and oxygen atoms in total. The van der Waals surface area contributed by atoms with Gasteiger partial charge < -0.3 is 20.2 Å². The molecule has 1 aromatic heterocycles. The molecular weight excluding hydrogens is 429 g/mol. The van der Waals surface area contributed by atoms with Crippen LogP contribution in [0.15, 0.2) is 64.7 Å². The molecule has 0 radical (unpaired) electrons. The molecule has 1 atom stereocenters. The number of guanidine groups is 1. The Morgan fingerprint density at radius 3 is 2.84 bits per heavy atom. The van der Waals surface area contributed by atoms with Crippen molar-refractivity contribution in [3.05, 3.63) is 72.2 Å². The van der Waals surface area contributed by atoms with Gasteiger partial charge in [0.2, 0.25) is 0 Å². The molecule has 0 aliphatic rings. The summed E-state index contributed by atoms with van der Waals surface area (Å²) >= 11 is 0. The lowest BCUT2D eigenvalue weighted by atomic mass is 10.1. The lowest BCUT2D eigenvalue weighted by molar-refractivity contribution is 0.187. The van der Waals surface area contributed by atoms with Gasteiger partial charge in [-0.25, -0.2) is 0 Å². The Bertz CT molecular complexity index is 656. The Labute approximate surface area is 166 Å². The second kappa shape index (κ2) is 11.7. The van der Waals surface area contributed by atoms with Crippen LogP contribution in [-0.2, 0) is 6.42 Å². The zero-order valence-corrected chi connectivity index (χ0v) is 16.8. The minimum absolute atomic E-state index is 0. The van der Waals surface area contributed by atoms with Crippen molar-refractivity contribution < 1.29 is 9.52 Å². The quantitative estimate of drug-likeness (QED) is 0.248. The number of halogens is 1. The Kier molecular flexibility index (Phi) is 9.94. The fraction of sp³-hybridized carbons (Fsp3) is 0.316. The van der Waals surface area contributed by atoms with Crippen LogP contribution < -0.4 is 10.6 Å². The van der Waals surface area contributed by atoms with Crippen LogP contribution in [0.25, 0.3) is 0 Å². The predicted molar refractivity (Wildman–Crippen MR) is 112 cm³/mol. The molecule has 0 amide bonds. The number of aliphatic imine (C=N–C) groups is 1. The van der Waals surface area contributed by atoms with E-state index in [1.165, 1.54) is 0 Å². The van der Waals surface area contributed by atoms with Crippen molar-refractivity contribution in [2.75, 3.05) is 19.6 Å². The molecular formula is C19H26IN3O2. The molecule has 1 unspecified atom stereocenters. The van der Waals surface area contributed by atoms with Gasteiger partial charge in [-0.1, -0.05) is 35.9 Å². The normalized spacial score (nSPS) is 12.2. The van der Waals surface area contributed by atoms with Gasteiger partial charge in [0, 0.05) is 19.5 Å². The highest BCUT2D eigenvalue weighted by Gasteiger charge is 2.07. The molecule has 0 aliphatic heterocycles. The maximum absolute atomic E-state index is 10.3. The molecule has 0 bridgehead atoms. The molecule has 1 heterocycles. The van der Waals surface area contributed by atoms with Gasteiger partial charge in [0.15, 0.2) is 5.96 Å². The number of hydrogen-bond acceptors (Lipinski definition) is 3. The SMILES string of the molecule is C=CCNC(=NCC(O)c1cccc(C)c1)NCCc1ccco1.I. The molecule has 6 heteroatoms. The van der Waals surface area contributed by atoms with Crippen molar-refractivity contribution >= 4 is 29.9 Å². The third-order valence-corrected chi connectivity index (χ3v) is 3.51. The zero-order chi connectivity index (χ0) is 17.2. The van der Waals surface area contributed by atoms with Crippen molar-refractivity contribution in [1.82, 2.24) is 10.6 Å². The first kappa shape index (κ1) is 21.2. The standard InChI is InChI=1S/C19H25N3O2.HI/c1-3-10-20-19(21-11-9-17-8-5-12-24-17)22-14-18(23)16-7-4-6-15(2)13-16;/h3-8,12-13,18,23H,1,9-11,14H2,2H3,(H2,20,21,22);1H. The van der Waals surface area contributed by atoms with Crippen molar-refractivity contribution in [3.63, 3.8) is 0 Å². The number of furan rings is 1. The summed E-state index contributed by atoms with van der Waals surface area (Å²) in [4.78, 5) is 4.45. The predicted octanol–water partition coefficient (Wildman–Crippen LogP) is 3.20. The number of aliphatic hydroxyl groups is 1. The molecule has 0 saturated heterocycles. The number of nitrogens with zero attached hydrogens (tertiary/aromatic N) is 1. The summed E-state index contributed by atoms with van der Waals surface area (Å²) in [6.45, 7) is 7.29. The number of rotatable bonds is 8. The Balaban J connectivity index is 0.00000312. The molecule has 1 aromatic carbocycles. The number of nitrogens with one attached hydrogen (secondary N) is 2. The van der Waals surface area contributed by atoms with E-state index in [0.717, 1.165) is 23.3 Å². The molecule has 136 valence electrons. The van der Waals surface area contributed by atoms with Crippen LogP contribution in [0.4, 0.5) is 0 Å². The maximum Gasteiger partial charge on any atom is 0.191 e. The maximum atomic E-state index is 10.3. The highest BCUT2D eigenvalue weighted by Crippen LogP contribution is 2.14. The minimum Gasteiger partial charge on any atom is -0.469 e. The van der Waals surface area contributed by atoms with Gasteiger partial charge in [0.05, 0.1) is 18.9 Å². The lowest BCUT2D eigenvalue weighted by Crippen LogP contribution is -2.38. The van der Waals surface area contributed by atoms with Crippen molar-refractivity contribution in [1.29, 1.82) is 0 Å². The van der Waals surface area contributed by atoms with E-state index >= 15 is 0 Å². The highest BCUT2D eigenvalue weighted by atomic mass is 127. The van der Waals surface area contributed by atoms with E-state index in [1.54, 1.807) is 12.3 Å². The van der Waals surface area contributed by atoms with Gasteiger partial charge in [0.1, 0.15) is 5.76 Å². The van der Waals surface area contributed by atoms with Crippen molar-refractivity contribution in [2.24, 2.45) is 4.99 Å². The largest absolute Gasteiger partial charge is 0.469 e. The van der Waals surface area contributed by atoms with E-state index < -0.39 is 6.10 Å². The van der Waals surface area contributed by atoms with E-state index in [-0.39, 0.29) is 30.5 Å². The third kappa shape index (κ3) is 7.74. The van der Waals surface area contributed by atoms with Crippen LogP contribution in [0.3, 0.4) is 0 Å². The van der Waals surface area contributed by atoms with Gasteiger partial charge in [-0.2, -0.15) is 0 Å². The summed E-state index contributed by atoms with van der Waals surface area (Å²) in [5.41, 5.74) is 1.99. The summed E-state index contributed by atoms with van der Waals surface area (Å²) in [6.07, 6.45) is 3.57. The fourth-order valence-electron chi connectivity index (χ4n) is 2.26. The number of benzene rings is 1. The van der Waals surface area contributed by atoms with E-state index in [9.17, 15) is 5.11 Å². The number of aliphatic hydroxyl groups excluding tert-OH is 1. The van der Waals surface area contributed by atoms with E-state index in [0.29, 0.717) is 19.0 Å². The number of aryl methyl sites for hydroxylation is 1. The summed E-state index contributed by atoms with van der Waals surface area (Å²) in [5, 5.41) is 16.7. The first-order chi connectivity index (χ1) is 11.7. The Morgan fingerprint density at radius 1 is 1.32 bits per heavy atom. The van der Waals surface area contributed by atoms with Gasteiger partial charge in [-0.05, 0) is 24.6 Å². The fourth-order valence-corrected chi connectivity index (χ4v) is 2.26. The van der Waals surface area contributed by atoms with Crippen molar-refractivity contribution in [2.45, 2.75) is 19.4 Å². The van der Waals surface area contributed by atoms with Gasteiger partial charge >= 0.3 is 0 Å². The van der Waals surface area contributed by atoms with E-state index in [1.807, 2.05) is 43.3 Å². The van der Waals surface area contributed by atoms with Crippen LogP contribution in [-0.4, -0.2) is 30.7 Å². The first-order valence-corrected chi connectivity index (χ1v) is 8.09. The molecule has 25 heavy (non-hydrogen) atoms. The minimum atomic E-state index is -0.627. The van der Waals surface area contributed by atoms with Crippen LogP contribution in [0, 0.1) is 6.92 Å². The van der Waals surface area contributed by atoms with E-state index in [2.05, 4.69) is 22.2 Å². The molecule has 0 spiro atoms. The van der Waals surface area contributed by atoms with Gasteiger partial charge in [-0.15, -0.1) is 30.6 Å². The Morgan fingerprint density at radius 2 is 2.16 bits per heavy atom. The lowest BCUT2D eigenvalue weighted by Gasteiger charge is -2.13. The van der Waals surface area contributed by atoms with E-state index in [4.69, 9.17) is 4.42 Å². The average Bonchev–Trinajstić information content (AvgIpc) is 3.10. The Hall–Kier alpha value is -1.80. The average molecular weight is 455 g/mol. The van der Waals surface area contributed by atoms with Crippen LogP contribution in [0.5, 0.6) is 0 Å². The molecule has 0 fully saturated rings. The summed E-state index contributed by atoms with van der Waals surface area (Å²) in [7, 11) is 0. The zero-order valence-electron chi connectivity index (χ0n) is 14.4. The topological polar surface area (TPSA) is 69.8 Å². The van der Waals surface area contributed by atoms with Crippen LogP contribution in [0.1, 0.15) is 23.0 Å². The monoisotopic (exact) mass is 455 g/mol. The summed E-state index contributed by atoms with van der Waals surface area (Å²) in [6, 6.07) is 11.6. The summed E-state index contributed by atoms with van der Waals surface area (Å²) in [5.74, 6) is 1.57. The molecule has 0 aliphatic carbocycles. The van der Waals surface area contributed by atoms with Crippen molar-refractivity contribution in [3.8, 4) is 0 Å². The molecule has 2 aromatic rings. The van der Waals surface area contributed by atoms with Gasteiger partial charge in [-0.3, -0.25) is 4.99 Å². The number of hydrogen-bond donors (Lipinski definition) is 3. The van der Waals surface area contributed by atoms with Crippen LogP contribution >= 0.6 is 24.0 Å². The molecule has 0 saturated carbocycles. The molecule has 2 rings (SSSR count). The second-order valence-electron chi connectivity index (χ2n) is 5.54. The second-order valence-corrected chi connectivity index (χ2v) is 5.54. The highest BCUT2D eigenvalue weighted by molar-refractivity contribution is 14.0. The summed E-state index contributed by atoms with van der Waals surface area (Å²) < 4.78 is 5.31. The molecule has 3 N–H and O–H groups in total.